The molecular formula is C36H34N6O4. The fourth-order valence-electron chi connectivity index (χ4n) is 5.89. The number of alkyl carbamates (subject to hydrolysis) is 1. The predicted octanol–water partition coefficient (Wildman–Crippen LogP) is 4.25. The van der Waals surface area contributed by atoms with E-state index < -0.39 is 30.0 Å². The molecule has 0 spiro atoms. The number of carbonyl (C=O) groups is 3. The quantitative estimate of drug-likeness (QED) is 0.192. The molecule has 10 nitrogen and oxygen atoms in total. The number of nitrogens with two attached hydrogens (primary N) is 1. The van der Waals surface area contributed by atoms with Crippen LogP contribution in [0, 0.1) is 0 Å². The Bertz CT molecular complexity index is 1780. The van der Waals surface area contributed by atoms with E-state index in [2.05, 4.69) is 45.2 Å². The summed E-state index contributed by atoms with van der Waals surface area (Å²) < 4.78 is 7.29. The first-order valence-electron chi connectivity index (χ1n) is 15.1. The summed E-state index contributed by atoms with van der Waals surface area (Å²) in [5, 5.41) is 13.8. The van der Waals surface area contributed by atoms with Gasteiger partial charge in [-0.3, -0.25) is 9.59 Å². The molecule has 1 aromatic heterocycles. The van der Waals surface area contributed by atoms with Crippen LogP contribution in [0.5, 0.6) is 0 Å². The van der Waals surface area contributed by atoms with Gasteiger partial charge in [0.05, 0.1) is 18.8 Å². The van der Waals surface area contributed by atoms with E-state index in [0.717, 1.165) is 33.4 Å². The maximum absolute atomic E-state index is 13.2. The molecule has 4 aromatic carbocycles. The van der Waals surface area contributed by atoms with Crippen molar-refractivity contribution >= 4 is 17.9 Å². The van der Waals surface area contributed by atoms with Crippen molar-refractivity contribution in [3.05, 3.63) is 143 Å². The zero-order chi connectivity index (χ0) is 31.9. The van der Waals surface area contributed by atoms with Crippen LogP contribution in [-0.2, 0) is 28.9 Å². The number of amides is 3. The molecule has 2 atom stereocenters. The molecule has 0 aliphatic heterocycles. The van der Waals surface area contributed by atoms with Crippen LogP contribution in [-0.4, -0.2) is 51.6 Å². The van der Waals surface area contributed by atoms with Gasteiger partial charge in [0.25, 0.3) is 5.91 Å². The second-order valence-corrected chi connectivity index (χ2v) is 11.3. The minimum absolute atomic E-state index is 0.0268. The Morgan fingerprint density at radius 3 is 1.93 bits per heavy atom. The molecule has 10 heteroatoms. The van der Waals surface area contributed by atoms with Crippen molar-refractivity contribution in [2.24, 2.45) is 5.73 Å². The molecule has 232 valence electrons. The third kappa shape index (κ3) is 7.13. The van der Waals surface area contributed by atoms with E-state index in [-0.39, 0.29) is 31.2 Å². The Morgan fingerprint density at radius 2 is 1.33 bits per heavy atom. The molecule has 0 saturated carbocycles. The van der Waals surface area contributed by atoms with Crippen molar-refractivity contribution in [2.45, 2.75) is 37.4 Å². The molecule has 0 saturated heterocycles. The lowest BCUT2D eigenvalue weighted by atomic mass is 9.98. The Hall–Kier alpha value is -5.77. The van der Waals surface area contributed by atoms with Gasteiger partial charge in [-0.1, -0.05) is 114 Å². The largest absolute Gasteiger partial charge is 0.449 e. The number of hydrogen-bond acceptors (Lipinski definition) is 6. The first-order valence-corrected chi connectivity index (χ1v) is 15.1. The molecule has 1 heterocycles. The van der Waals surface area contributed by atoms with Crippen LogP contribution >= 0.6 is 0 Å². The van der Waals surface area contributed by atoms with Crippen molar-refractivity contribution in [3.63, 3.8) is 0 Å². The fourth-order valence-corrected chi connectivity index (χ4v) is 5.89. The lowest BCUT2D eigenvalue weighted by Crippen LogP contribution is -2.46. The average Bonchev–Trinajstić information content (AvgIpc) is 3.67. The number of rotatable bonds is 12. The van der Waals surface area contributed by atoms with Gasteiger partial charge >= 0.3 is 6.09 Å². The number of aromatic nitrogens is 3. The van der Waals surface area contributed by atoms with Crippen molar-refractivity contribution in [1.29, 1.82) is 0 Å². The van der Waals surface area contributed by atoms with Crippen LogP contribution in [0.3, 0.4) is 0 Å². The summed E-state index contributed by atoms with van der Waals surface area (Å²) in [6.07, 6.45) is 1.67. The van der Waals surface area contributed by atoms with Gasteiger partial charge < -0.3 is 21.1 Å². The number of primary amides is 1. The highest BCUT2D eigenvalue weighted by Gasteiger charge is 2.29. The van der Waals surface area contributed by atoms with Crippen LogP contribution < -0.4 is 16.4 Å². The molecule has 0 radical (unpaired) electrons. The smallest absolute Gasteiger partial charge is 0.407 e. The van der Waals surface area contributed by atoms with Crippen molar-refractivity contribution < 1.29 is 19.1 Å². The predicted molar refractivity (Wildman–Crippen MR) is 173 cm³/mol. The third-order valence-corrected chi connectivity index (χ3v) is 8.10. The average molecular weight is 615 g/mol. The number of ether oxygens (including phenoxy) is 1. The zero-order valence-electron chi connectivity index (χ0n) is 25.1. The summed E-state index contributed by atoms with van der Waals surface area (Å²) in [7, 11) is 0. The van der Waals surface area contributed by atoms with Gasteiger partial charge in [-0.15, -0.1) is 5.10 Å². The first-order chi connectivity index (χ1) is 22.4. The normalized spacial score (nSPS) is 13.2. The topological polar surface area (TPSA) is 141 Å². The van der Waals surface area contributed by atoms with Gasteiger partial charge in [0.15, 0.2) is 5.69 Å². The minimum atomic E-state index is -0.916. The minimum Gasteiger partial charge on any atom is -0.449 e. The molecule has 3 amide bonds. The second-order valence-electron chi connectivity index (χ2n) is 11.3. The van der Waals surface area contributed by atoms with Crippen LogP contribution in [0.1, 0.15) is 38.7 Å². The maximum Gasteiger partial charge on any atom is 0.407 e. The Balaban J connectivity index is 1.11. The van der Waals surface area contributed by atoms with Crippen molar-refractivity contribution in [2.75, 3.05) is 6.61 Å². The van der Waals surface area contributed by atoms with Crippen LogP contribution in [0.2, 0.25) is 0 Å². The summed E-state index contributed by atoms with van der Waals surface area (Å²) in [5.74, 6) is -1.29. The van der Waals surface area contributed by atoms with Gasteiger partial charge in [-0.2, -0.15) is 0 Å². The lowest BCUT2D eigenvalue weighted by Gasteiger charge is -2.20. The number of nitrogens with zero attached hydrogens (tertiary/aromatic N) is 3. The monoisotopic (exact) mass is 614 g/mol. The molecule has 1 aliphatic rings. The number of fused-ring (bicyclic) bond motifs is 3. The molecule has 5 aromatic rings. The third-order valence-electron chi connectivity index (χ3n) is 8.10. The Kier molecular flexibility index (Phi) is 9.14. The van der Waals surface area contributed by atoms with Gasteiger partial charge in [0.2, 0.25) is 5.91 Å². The summed E-state index contributed by atoms with van der Waals surface area (Å²) >= 11 is 0. The summed E-state index contributed by atoms with van der Waals surface area (Å²) in [4.78, 5) is 38.2. The maximum atomic E-state index is 13.2. The van der Waals surface area contributed by atoms with Crippen molar-refractivity contribution in [1.82, 2.24) is 25.6 Å². The van der Waals surface area contributed by atoms with E-state index in [4.69, 9.17) is 10.5 Å². The number of hydrogen-bond donors (Lipinski definition) is 3. The van der Waals surface area contributed by atoms with E-state index in [1.807, 2.05) is 84.9 Å². The highest BCUT2D eigenvalue weighted by atomic mass is 16.5. The number of nitrogens with one attached hydrogen (secondary N) is 2. The number of carbonyl (C=O) groups excluding carboxylic acids is 3. The Labute approximate surface area is 266 Å². The Morgan fingerprint density at radius 1 is 0.761 bits per heavy atom. The van der Waals surface area contributed by atoms with E-state index in [1.165, 1.54) is 10.9 Å². The molecule has 0 fully saturated rings. The first kappa shape index (κ1) is 30.3. The van der Waals surface area contributed by atoms with Crippen LogP contribution in [0.15, 0.2) is 115 Å². The highest BCUT2D eigenvalue weighted by molar-refractivity contribution is 5.95. The number of benzene rings is 4. The molecule has 4 N–H and O–H groups in total. The van der Waals surface area contributed by atoms with Gasteiger partial charge in [-0.25, -0.2) is 9.48 Å². The standard InChI is InChI=1S/C36H34N6O4/c37-34(43)32(20-25-13-5-2-6-14-25)39-35(44)33-22-42(41-40-33)21-26(19-24-11-3-1-4-12-24)38-36(45)46-23-31-29-17-9-7-15-27(29)28-16-8-10-18-30(28)31/h1-18,22,26,31-32H,19-21,23H2,(H2,37,43)(H,38,45)(H,39,44). The molecule has 0 bridgehead atoms. The summed E-state index contributed by atoms with van der Waals surface area (Å²) in [6.45, 7) is 0.415. The molecule has 2 unspecified atom stereocenters. The van der Waals surface area contributed by atoms with E-state index in [0.29, 0.717) is 6.42 Å². The highest BCUT2D eigenvalue weighted by Crippen LogP contribution is 2.44. The van der Waals surface area contributed by atoms with Gasteiger partial charge in [0, 0.05) is 12.3 Å². The van der Waals surface area contributed by atoms with E-state index in [1.54, 1.807) is 0 Å². The summed E-state index contributed by atoms with van der Waals surface area (Å²) in [5.41, 5.74) is 12.0. The van der Waals surface area contributed by atoms with E-state index in [9.17, 15) is 14.4 Å². The van der Waals surface area contributed by atoms with Crippen LogP contribution in [0.4, 0.5) is 4.79 Å². The summed E-state index contributed by atoms with van der Waals surface area (Å²) in [6, 6.07) is 34.0. The van der Waals surface area contributed by atoms with E-state index >= 15 is 0 Å². The fraction of sp³-hybridized carbons (Fsp3) is 0.194. The molecule has 46 heavy (non-hydrogen) atoms. The van der Waals surface area contributed by atoms with Crippen molar-refractivity contribution in [3.8, 4) is 11.1 Å². The second kappa shape index (κ2) is 13.9. The van der Waals surface area contributed by atoms with Gasteiger partial charge in [0.1, 0.15) is 12.6 Å². The van der Waals surface area contributed by atoms with Crippen LogP contribution in [0.25, 0.3) is 11.1 Å². The molecule has 6 rings (SSSR count). The SMILES string of the molecule is NC(=O)C(Cc1ccccc1)NC(=O)c1cn(CC(Cc2ccccc2)NC(=O)OCC2c3ccccc3-c3ccccc32)nn1. The van der Waals surface area contributed by atoms with Gasteiger partial charge in [-0.05, 0) is 39.8 Å². The molecular weight excluding hydrogens is 580 g/mol. The molecule has 1 aliphatic carbocycles. The lowest BCUT2D eigenvalue weighted by molar-refractivity contribution is -0.119. The zero-order valence-corrected chi connectivity index (χ0v) is 25.1.